The molecule has 1 atom stereocenters. The Morgan fingerprint density at radius 1 is 0.750 bits per heavy atom. The van der Waals surface area contributed by atoms with Crippen molar-refractivity contribution >= 4 is 48.4 Å². The molecule has 0 saturated heterocycles. The minimum absolute atomic E-state index is 0.0142. The van der Waals surface area contributed by atoms with Crippen LogP contribution in [0.25, 0.3) is 0 Å². The zero-order valence-electron chi connectivity index (χ0n) is 26.9. The first-order chi connectivity index (χ1) is 22.8. The molecule has 0 aromatic heterocycles. The number of benzene rings is 3. The van der Waals surface area contributed by atoms with Gasteiger partial charge in [0.25, 0.3) is 0 Å². The molecule has 12 nitrogen and oxygen atoms in total. The van der Waals surface area contributed by atoms with Gasteiger partial charge in [0.05, 0.1) is 25.9 Å². The summed E-state index contributed by atoms with van der Waals surface area (Å²) in [5.74, 6) is -3.73. The van der Waals surface area contributed by atoms with Crippen molar-refractivity contribution in [3.05, 3.63) is 130 Å². The number of carbonyl (C=O) groups excluding carboxylic acids is 5. The molecule has 1 aliphatic rings. The number of halogens is 1. The first kappa shape index (κ1) is 39.5. The van der Waals surface area contributed by atoms with Crippen LogP contribution < -0.4 is 0 Å². The molecule has 0 aliphatic carbocycles. The average molecular weight is 779 g/mol. The zero-order valence-corrected chi connectivity index (χ0v) is 29.0. The fourth-order valence-corrected chi connectivity index (χ4v) is 11.5. The van der Waals surface area contributed by atoms with Crippen LogP contribution in [0.3, 0.4) is 0 Å². The monoisotopic (exact) mass is 778 g/mol. The van der Waals surface area contributed by atoms with E-state index in [0.29, 0.717) is 19.8 Å². The van der Waals surface area contributed by atoms with Gasteiger partial charge in [-0.2, -0.15) is 0 Å². The SMILES string of the molecule is C=CC(=O)COCc1ccccc1.C=CC(O)COCc1ccccc1.CC(=O)OI1(OC(C)=O)(OC(C)=O)OC(=O)c2ccccc21. The van der Waals surface area contributed by atoms with E-state index >= 15 is 0 Å². The molecule has 0 amide bonds. The topological polar surface area (TPSA) is 161 Å². The van der Waals surface area contributed by atoms with Crippen molar-refractivity contribution in [3.8, 4) is 0 Å². The molecule has 258 valence electrons. The van der Waals surface area contributed by atoms with Gasteiger partial charge in [0.2, 0.25) is 0 Å². The fraction of sp³-hybridized carbons (Fsp3) is 0.229. The van der Waals surface area contributed by atoms with Gasteiger partial charge in [-0.3, -0.25) is 4.79 Å². The summed E-state index contributed by atoms with van der Waals surface area (Å²) >= 11 is -6.03. The van der Waals surface area contributed by atoms with E-state index in [4.69, 9.17) is 26.8 Å². The van der Waals surface area contributed by atoms with Gasteiger partial charge in [0.15, 0.2) is 5.78 Å². The maximum absolute atomic E-state index is 12.1. The third kappa shape index (κ3) is 12.2. The van der Waals surface area contributed by atoms with Crippen LogP contribution in [-0.2, 0) is 54.1 Å². The Hall–Kier alpha value is -4.70. The average Bonchev–Trinajstić information content (AvgIpc) is 3.28. The van der Waals surface area contributed by atoms with Crippen molar-refractivity contribution in [2.24, 2.45) is 0 Å². The summed E-state index contributed by atoms with van der Waals surface area (Å²) in [6, 6.07) is 25.4. The van der Waals surface area contributed by atoms with Crippen molar-refractivity contribution < 1.29 is 50.8 Å². The van der Waals surface area contributed by atoms with Crippen LogP contribution in [0, 0.1) is 3.57 Å². The van der Waals surface area contributed by atoms with E-state index in [-0.39, 0.29) is 21.5 Å². The standard InChI is InChI=1S/C13H13IO8.C11H14O2.C11H12O2/c1-8(15)19-14(20-9(2)16,21-10(3)17)12-7-5-4-6-11(12)13(18)22-14;2*1-2-11(12)9-13-8-10-6-4-3-5-7-10/h4-7H,1-3H3;2-7,11-12H,1,8-9H2;2-7H,1,8-9H2. The molecule has 3 aromatic carbocycles. The predicted octanol–water partition coefficient (Wildman–Crippen LogP) is 5.66. The zero-order chi connectivity index (χ0) is 35.6. The number of hydrogen-bond acceptors (Lipinski definition) is 12. The van der Waals surface area contributed by atoms with Crippen molar-refractivity contribution in [2.75, 3.05) is 13.2 Å². The van der Waals surface area contributed by atoms with Crippen LogP contribution in [-0.4, -0.2) is 54.1 Å². The van der Waals surface area contributed by atoms with Crippen LogP contribution in [0.2, 0.25) is 0 Å². The van der Waals surface area contributed by atoms with Crippen molar-refractivity contribution in [2.45, 2.75) is 40.1 Å². The van der Waals surface area contributed by atoms with Crippen LogP contribution in [0.15, 0.2) is 110 Å². The Morgan fingerprint density at radius 2 is 1.21 bits per heavy atom. The van der Waals surface area contributed by atoms with Gasteiger partial charge >= 0.3 is 128 Å². The van der Waals surface area contributed by atoms with Crippen molar-refractivity contribution in [3.63, 3.8) is 0 Å². The number of aliphatic hydroxyl groups excluding tert-OH is 1. The summed E-state index contributed by atoms with van der Waals surface area (Å²) in [4.78, 5) is 57.5. The second-order valence-electron chi connectivity index (χ2n) is 9.69. The second kappa shape index (κ2) is 19.2. The number of ketones is 1. The van der Waals surface area contributed by atoms with E-state index < -0.39 is 48.7 Å². The molecule has 1 aliphatic heterocycles. The predicted molar refractivity (Wildman–Crippen MR) is 183 cm³/mol. The molecule has 0 radical (unpaired) electrons. The van der Waals surface area contributed by atoms with Gasteiger partial charge < -0.3 is 14.6 Å². The molecular formula is C35H39IO12. The number of ether oxygens (including phenoxy) is 2. The summed E-state index contributed by atoms with van der Waals surface area (Å²) in [6.45, 7) is 11.3. The molecule has 0 bridgehead atoms. The van der Waals surface area contributed by atoms with Crippen LogP contribution in [0.4, 0.5) is 0 Å². The molecule has 13 heteroatoms. The van der Waals surface area contributed by atoms with E-state index in [9.17, 15) is 24.0 Å². The molecule has 1 heterocycles. The van der Waals surface area contributed by atoms with Crippen LogP contribution >= 0.6 is 18.7 Å². The Balaban J connectivity index is 0.000000266. The van der Waals surface area contributed by atoms with Gasteiger partial charge in [0, 0.05) is 0 Å². The van der Waals surface area contributed by atoms with Crippen molar-refractivity contribution in [1.82, 2.24) is 0 Å². The molecular weight excluding hydrogens is 739 g/mol. The summed E-state index contributed by atoms with van der Waals surface area (Å²) < 4.78 is 30.9. The number of aliphatic hydroxyl groups is 1. The molecule has 1 unspecified atom stereocenters. The second-order valence-corrected chi connectivity index (χ2v) is 16.5. The first-order valence-corrected chi connectivity index (χ1v) is 19.0. The Labute approximate surface area is 282 Å². The molecule has 0 spiro atoms. The number of fused-ring (bicyclic) bond motifs is 1. The molecule has 48 heavy (non-hydrogen) atoms. The summed E-state index contributed by atoms with van der Waals surface area (Å²) in [7, 11) is 0. The maximum atomic E-state index is 12.1. The third-order valence-corrected chi connectivity index (χ3v) is 13.7. The number of hydrogen-bond donors (Lipinski definition) is 1. The first-order valence-electron chi connectivity index (χ1n) is 14.4. The van der Waals surface area contributed by atoms with Crippen LogP contribution in [0.5, 0.6) is 0 Å². The quantitative estimate of drug-likeness (QED) is 0.129. The molecule has 4 rings (SSSR count). The fourth-order valence-electron chi connectivity index (χ4n) is 3.72. The summed E-state index contributed by atoms with van der Waals surface area (Å²) in [5.41, 5.74) is 2.19. The Bertz CT molecular complexity index is 1520. The van der Waals surface area contributed by atoms with E-state index in [2.05, 4.69) is 13.2 Å². The van der Waals surface area contributed by atoms with Gasteiger partial charge in [0.1, 0.15) is 6.61 Å². The van der Waals surface area contributed by atoms with E-state index in [1.54, 1.807) is 6.07 Å². The normalized spacial score (nSPS) is 14.6. The van der Waals surface area contributed by atoms with E-state index in [1.807, 2.05) is 60.7 Å². The molecule has 3 aromatic rings. The molecule has 0 saturated carbocycles. The minimum atomic E-state index is -6.03. The van der Waals surface area contributed by atoms with Gasteiger partial charge in [-0.1, -0.05) is 73.3 Å². The number of carbonyl (C=O) groups is 5. The molecule has 0 fully saturated rings. The Kier molecular flexibility index (Phi) is 15.8. The van der Waals surface area contributed by atoms with E-state index in [0.717, 1.165) is 31.9 Å². The van der Waals surface area contributed by atoms with Crippen molar-refractivity contribution in [1.29, 1.82) is 0 Å². The molecule has 1 N–H and O–H groups in total. The van der Waals surface area contributed by atoms with Gasteiger partial charge in [-0.25, -0.2) is 0 Å². The van der Waals surface area contributed by atoms with Crippen LogP contribution in [0.1, 0.15) is 42.3 Å². The number of rotatable bonds is 13. The summed E-state index contributed by atoms with van der Waals surface area (Å²) in [5, 5.41) is 9.09. The van der Waals surface area contributed by atoms with E-state index in [1.165, 1.54) is 30.4 Å². The van der Waals surface area contributed by atoms with Gasteiger partial charge in [-0.05, 0) is 17.2 Å². The Morgan fingerprint density at radius 3 is 1.67 bits per heavy atom. The third-order valence-electron chi connectivity index (χ3n) is 5.61. The van der Waals surface area contributed by atoms with Gasteiger partial charge in [-0.15, -0.1) is 6.58 Å². The summed E-state index contributed by atoms with van der Waals surface area (Å²) in [6.07, 6.45) is 2.17.